The van der Waals surface area contributed by atoms with E-state index in [2.05, 4.69) is 6.92 Å². The molecule has 0 saturated heterocycles. The van der Waals surface area contributed by atoms with E-state index in [1.165, 1.54) is 0 Å². The van der Waals surface area contributed by atoms with Crippen molar-refractivity contribution in [3.63, 3.8) is 0 Å². The fourth-order valence-electron chi connectivity index (χ4n) is 2.51. The number of benzene rings is 1. The number of aryl methyl sites for hydroxylation is 1. The molecule has 0 saturated carbocycles. The lowest BCUT2D eigenvalue weighted by Gasteiger charge is -2.26. The monoisotopic (exact) mass is 260 g/mol. The molecule has 1 heterocycles. The van der Waals surface area contributed by atoms with Crippen molar-refractivity contribution in [1.29, 1.82) is 0 Å². The van der Waals surface area contributed by atoms with Gasteiger partial charge in [-0.2, -0.15) is 0 Å². The Morgan fingerprint density at radius 2 is 1.89 bits per heavy atom. The Morgan fingerprint density at radius 1 is 1.26 bits per heavy atom. The predicted molar refractivity (Wildman–Crippen MR) is 74.7 cm³/mol. The Balaban J connectivity index is 2.43. The highest BCUT2D eigenvalue weighted by Crippen LogP contribution is 2.42. The topological polar surface area (TPSA) is 46.5 Å². The standard InChI is InChI=1S/C16H20O3/c1-4-5-10-16(3)13(14(17)15(18)19-16)12-8-6-11(2)7-9-12/h6-9,17H,4-5,10H2,1-3H3. The van der Waals surface area contributed by atoms with Gasteiger partial charge in [0.25, 0.3) is 0 Å². The molecule has 0 spiro atoms. The second-order valence-corrected chi connectivity index (χ2v) is 5.31. The molecule has 19 heavy (non-hydrogen) atoms. The number of ether oxygens (including phenoxy) is 1. The Hall–Kier alpha value is -1.77. The van der Waals surface area contributed by atoms with Gasteiger partial charge in [-0.15, -0.1) is 0 Å². The van der Waals surface area contributed by atoms with Gasteiger partial charge in [0.1, 0.15) is 5.60 Å². The first kappa shape index (κ1) is 13.7. The molecule has 1 aliphatic heterocycles. The summed E-state index contributed by atoms with van der Waals surface area (Å²) in [6.45, 7) is 5.97. The van der Waals surface area contributed by atoms with E-state index in [1.54, 1.807) is 0 Å². The van der Waals surface area contributed by atoms with Crippen LogP contribution in [0.5, 0.6) is 0 Å². The molecule has 3 heteroatoms. The van der Waals surface area contributed by atoms with Crippen molar-refractivity contribution in [2.75, 3.05) is 0 Å². The van der Waals surface area contributed by atoms with Crippen LogP contribution in [0.1, 0.15) is 44.2 Å². The summed E-state index contributed by atoms with van der Waals surface area (Å²) in [5, 5.41) is 10.0. The van der Waals surface area contributed by atoms with Crippen molar-refractivity contribution in [3.8, 4) is 0 Å². The number of aliphatic hydroxyl groups is 1. The molecule has 1 N–H and O–H groups in total. The number of unbranched alkanes of at least 4 members (excludes halogenated alkanes) is 1. The number of hydrogen-bond donors (Lipinski definition) is 1. The van der Waals surface area contributed by atoms with E-state index in [4.69, 9.17) is 4.74 Å². The minimum atomic E-state index is -0.716. The largest absolute Gasteiger partial charge is 0.502 e. The molecule has 1 aromatic carbocycles. The lowest BCUT2D eigenvalue weighted by atomic mass is 9.86. The van der Waals surface area contributed by atoms with E-state index in [0.29, 0.717) is 5.57 Å². The molecule has 0 amide bonds. The third-order valence-electron chi connectivity index (χ3n) is 3.62. The summed E-state index contributed by atoms with van der Waals surface area (Å²) in [6.07, 6.45) is 2.70. The van der Waals surface area contributed by atoms with Gasteiger partial charge in [0.15, 0.2) is 0 Å². The van der Waals surface area contributed by atoms with Gasteiger partial charge in [0, 0.05) is 0 Å². The zero-order valence-corrected chi connectivity index (χ0v) is 11.7. The van der Waals surface area contributed by atoms with Gasteiger partial charge in [-0.25, -0.2) is 4.79 Å². The van der Waals surface area contributed by atoms with E-state index in [0.717, 1.165) is 30.4 Å². The average Bonchev–Trinajstić information content (AvgIpc) is 2.60. The molecule has 0 aromatic heterocycles. The minimum Gasteiger partial charge on any atom is -0.502 e. The van der Waals surface area contributed by atoms with Crippen molar-refractivity contribution in [1.82, 2.24) is 0 Å². The zero-order valence-electron chi connectivity index (χ0n) is 11.7. The number of hydrogen-bond acceptors (Lipinski definition) is 3. The number of carbonyl (C=O) groups excluding carboxylic acids is 1. The average molecular weight is 260 g/mol. The maximum atomic E-state index is 11.7. The fraction of sp³-hybridized carbons (Fsp3) is 0.438. The molecule has 1 atom stereocenters. The van der Waals surface area contributed by atoms with Gasteiger partial charge >= 0.3 is 5.97 Å². The van der Waals surface area contributed by atoms with Crippen molar-refractivity contribution < 1.29 is 14.6 Å². The molecule has 1 unspecified atom stereocenters. The van der Waals surface area contributed by atoms with Gasteiger partial charge < -0.3 is 9.84 Å². The van der Waals surface area contributed by atoms with E-state index in [1.807, 2.05) is 38.1 Å². The molecule has 102 valence electrons. The summed E-state index contributed by atoms with van der Waals surface area (Å²) < 4.78 is 5.40. The first-order valence-corrected chi connectivity index (χ1v) is 6.72. The van der Waals surface area contributed by atoms with Gasteiger partial charge in [-0.05, 0) is 32.3 Å². The first-order chi connectivity index (χ1) is 8.98. The fourth-order valence-corrected chi connectivity index (χ4v) is 2.51. The summed E-state index contributed by atoms with van der Waals surface area (Å²) in [4.78, 5) is 11.7. The Labute approximate surface area is 113 Å². The number of aliphatic hydroxyl groups excluding tert-OH is 1. The highest BCUT2D eigenvalue weighted by molar-refractivity contribution is 6.02. The molecule has 0 bridgehead atoms. The Bertz CT molecular complexity index is 513. The zero-order chi connectivity index (χ0) is 14.0. The molecule has 0 aliphatic carbocycles. The number of rotatable bonds is 4. The SMILES string of the molecule is CCCCC1(C)OC(=O)C(O)=C1c1ccc(C)cc1. The maximum Gasteiger partial charge on any atom is 0.374 e. The summed E-state index contributed by atoms with van der Waals surface area (Å²) in [6, 6.07) is 7.79. The highest BCUT2D eigenvalue weighted by Gasteiger charge is 2.44. The van der Waals surface area contributed by atoms with Crippen LogP contribution in [0.4, 0.5) is 0 Å². The molecular formula is C16H20O3. The second kappa shape index (κ2) is 5.08. The normalized spacial score (nSPS) is 22.8. The number of cyclic esters (lactones) is 1. The maximum absolute atomic E-state index is 11.7. The predicted octanol–water partition coefficient (Wildman–Crippen LogP) is 3.77. The van der Waals surface area contributed by atoms with Gasteiger partial charge in [-0.3, -0.25) is 0 Å². The van der Waals surface area contributed by atoms with Crippen molar-refractivity contribution in [2.24, 2.45) is 0 Å². The van der Waals surface area contributed by atoms with E-state index in [-0.39, 0.29) is 5.76 Å². The van der Waals surface area contributed by atoms with Crippen LogP contribution < -0.4 is 0 Å². The Morgan fingerprint density at radius 3 is 2.47 bits per heavy atom. The van der Waals surface area contributed by atoms with E-state index in [9.17, 15) is 9.90 Å². The van der Waals surface area contributed by atoms with Crippen LogP contribution in [0, 0.1) is 6.92 Å². The van der Waals surface area contributed by atoms with Crippen molar-refractivity contribution >= 4 is 11.5 Å². The second-order valence-electron chi connectivity index (χ2n) is 5.31. The highest BCUT2D eigenvalue weighted by atomic mass is 16.6. The molecular weight excluding hydrogens is 240 g/mol. The van der Waals surface area contributed by atoms with Crippen molar-refractivity contribution in [3.05, 3.63) is 41.2 Å². The van der Waals surface area contributed by atoms with Crippen LogP contribution in [0.2, 0.25) is 0 Å². The van der Waals surface area contributed by atoms with E-state index >= 15 is 0 Å². The van der Waals surface area contributed by atoms with Gasteiger partial charge in [0.05, 0.1) is 5.57 Å². The smallest absolute Gasteiger partial charge is 0.374 e. The number of carbonyl (C=O) groups is 1. The molecule has 2 rings (SSSR count). The third kappa shape index (κ3) is 2.50. The van der Waals surface area contributed by atoms with Crippen LogP contribution in [0.3, 0.4) is 0 Å². The molecule has 0 fully saturated rings. The van der Waals surface area contributed by atoms with Gasteiger partial charge in [-0.1, -0.05) is 43.2 Å². The third-order valence-corrected chi connectivity index (χ3v) is 3.62. The van der Waals surface area contributed by atoms with Crippen LogP contribution in [-0.4, -0.2) is 16.7 Å². The Kier molecular flexibility index (Phi) is 3.65. The molecule has 3 nitrogen and oxygen atoms in total. The quantitative estimate of drug-likeness (QED) is 0.838. The lowest BCUT2D eigenvalue weighted by molar-refractivity contribution is -0.147. The summed E-state index contributed by atoms with van der Waals surface area (Å²) in [7, 11) is 0. The molecule has 1 aromatic rings. The van der Waals surface area contributed by atoms with Crippen LogP contribution in [0.15, 0.2) is 30.0 Å². The lowest BCUT2D eigenvalue weighted by Crippen LogP contribution is -2.27. The van der Waals surface area contributed by atoms with E-state index < -0.39 is 11.6 Å². The summed E-state index contributed by atoms with van der Waals surface area (Å²) in [5.41, 5.74) is 1.90. The van der Waals surface area contributed by atoms with Crippen LogP contribution in [0.25, 0.3) is 5.57 Å². The van der Waals surface area contributed by atoms with Crippen LogP contribution >= 0.6 is 0 Å². The first-order valence-electron chi connectivity index (χ1n) is 6.72. The number of esters is 1. The molecule has 1 aliphatic rings. The van der Waals surface area contributed by atoms with Crippen LogP contribution in [-0.2, 0) is 9.53 Å². The minimum absolute atomic E-state index is 0.248. The van der Waals surface area contributed by atoms with Crippen molar-refractivity contribution in [2.45, 2.75) is 45.6 Å². The summed E-state index contributed by atoms with van der Waals surface area (Å²) >= 11 is 0. The molecule has 0 radical (unpaired) electrons. The van der Waals surface area contributed by atoms with Gasteiger partial charge in [0.2, 0.25) is 5.76 Å². The summed E-state index contributed by atoms with van der Waals surface area (Å²) in [5.74, 6) is -0.864.